The van der Waals surface area contributed by atoms with Crippen LogP contribution in [0.15, 0.2) is 41.0 Å². The molecule has 0 radical (unpaired) electrons. The second-order valence-electron chi connectivity index (χ2n) is 2.98. The molecule has 0 bridgehead atoms. The Morgan fingerprint density at radius 3 is 2.53 bits per heavy atom. The van der Waals surface area contributed by atoms with Crippen LogP contribution in [0.2, 0.25) is 0 Å². The van der Waals surface area contributed by atoms with Gasteiger partial charge >= 0.3 is 0 Å². The first-order valence-corrected chi connectivity index (χ1v) is 5.03. The fraction of sp³-hybridized carbons (Fsp3) is 0. The van der Waals surface area contributed by atoms with Gasteiger partial charge in [0.05, 0.1) is 5.69 Å². The highest BCUT2D eigenvalue weighted by Gasteiger charge is 2.07. The minimum Gasteiger partial charge on any atom is -0.256 e. The van der Waals surface area contributed by atoms with Crippen molar-refractivity contribution < 1.29 is 8.78 Å². The van der Waals surface area contributed by atoms with Crippen LogP contribution in [-0.2, 0) is 0 Å². The molecule has 0 aliphatic carbocycles. The number of nitrogens with zero attached hydrogens (tertiary/aromatic N) is 1. The van der Waals surface area contributed by atoms with E-state index in [1.165, 1.54) is 12.1 Å². The summed E-state index contributed by atoms with van der Waals surface area (Å²) in [6, 6.07) is 6.85. The number of hydrogen-bond acceptors (Lipinski definition) is 1. The molecule has 2 aromatic rings. The van der Waals surface area contributed by atoms with Gasteiger partial charge in [0.15, 0.2) is 0 Å². The molecule has 0 spiro atoms. The van der Waals surface area contributed by atoms with E-state index in [1.54, 1.807) is 18.3 Å². The Balaban J connectivity index is 2.54. The van der Waals surface area contributed by atoms with Crippen molar-refractivity contribution in [2.24, 2.45) is 0 Å². The maximum absolute atomic E-state index is 13.4. The molecule has 0 amide bonds. The van der Waals surface area contributed by atoms with Crippen LogP contribution in [0.3, 0.4) is 0 Å². The average Bonchev–Trinajstić information content (AvgIpc) is 2.17. The molecule has 1 aromatic carbocycles. The topological polar surface area (TPSA) is 12.9 Å². The maximum atomic E-state index is 13.4. The molecule has 15 heavy (non-hydrogen) atoms. The van der Waals surface area contributed by atoms with Crippen molar-refractivity contribution in [2.75, 3.05) is 0 Å². The standard InChI is InChI=1S/C11H6BrF2N/c12-7-3-4-15-11(5-7)9-2-1-8(13)6-10(9)14/h1-6H. The largest absolute Gasteiger partial charge is 0.256 e. The lowest BCUT2D eigenvalue weighted by molar-refractivity contribution is 0.585. The van der Waals surface area contributed by atoms with Gasteiger partial charge in [0.1, 0.15) is 11.6 Å². The molecule has 0 fully saturated rings. The molecular formula is C11H6BrF2N. The molecule has 76 valence electrons. The first-order valence-electron chi connectivity index (χ1n) is 4.24. The van der Waals surface area contributed by atoms with Crippen LogP contribution in [0.1, 0.15) is 0 Å². The van der Waals surface area contributed by atoms with Gasteiger partial charge in [0.2, 0.25) is 0 Å². The molecule has 1 nitrogen and oxygen atoms in total. The van der Waals surface area contributed by atoms with Gasteiger partial charge in [-0.3, -0.25) is 4.98 Å². The van der Waals surface area contributed by atoms with Crippen molar-refractivity contribution in [3.63, 3.8) is 0 Å². The van der Waals surface area contributed by atoms with Crippen LogP contribution in [0.5, 0.6) is 0 Å². The molecule has 1 heterocycles. The van der Waals surface area contributed by atoms with Gasteiger partial charge < -0.3 is 0 Å². The lowest BCUT2D eigenvalue weighted by Gasteiger charge is -2.02. The molecule has 0 N–H and O–H groups in total. The lowest BCUT2D eigenvalue weighted by Crippen LogP contribution is -1.88. The average molecular weight is 270 g/mol. The number of halogens is 3. The van der Waals surface area contributed by atoms with Crippen LogP contribution < -0.4 is 0 Å². The molecule has 0 aliphatic rings. The summed E-state index contributed by atoms with van der Waals surface area (Å²) < 4.78 is 26.8. The van der Waals surface area contributed by atoms with Crippen molar-refractivity contribution >= 4 is 15.9 Å². The predicted molar refractivity (Wildman–Crippen MR) is 57.3 cm³/mol. The SMILES string of the molecule is Fc1ccc(-c2cc(Br)ccn2)c(F)c1. The summed E-state index contributed by atoms with van der Waals surface area (Å²) in [6.45, 7) is 0. The van der Waals surface area contributed by atoms with Gasteiger partial charge in [-0.15, -0.1) is 0 Å². The number of benzene rings is 1. The molecule has 1 aromatic heterocycles. The summed E-state index contributed by atoms with van der Waals surface area (Å²) in [4.78, 5) is 4.01. The van der Waals surface area contributed by atoms with Crippen molar-refractivity contribution in [3.8, 4) is 11.3 Å². The molecule has 4 heteroatoms. The zero-order chi connectivity index (χ0) is 10.8. The summed E-state index contributed by atoms with van der Waals surface area (Å²) >= 11 is 3.26. The van der Waals surface area contributed by atoms with E-state index in [2.05, 4.69) is 20.9 Å². The van der Waals surface area contributed by atoms with Crippen LogP contribution in [-0.4, -0.2) is 4.98 Å². The molecule has 2 rings (SSSR count). The number of aromatic nitrogens is 1. The highest BCUT2D eigenvalue weighted by Crippen LogP contribution is 2.23. The highest BCUT2D eigenvalue weighted by molar-refractivity contribution is 9.10. The van der Waals surface area contributed by atoms with E-state index in [1.807, 2.05) is 0 Å². The molecular weight excluding hydrogens is 264 g/mol. The third kappa shape index (κ3) is 2.21. The molecule has 0 saturated heterocycles. The molecule has 0 unspecified atom stereocenters. The number of hydrogen-bond donors (Lipinski definition) is 0. The van der Waals surface area contributed by atoms with Crippen molar-refractivity contribution in [1.29, 1.82) is 0 Å². The van der Waals surface area contributed by atoms with Crippen LogP contribution >= 0.6 is 15.9 Å². The van der Waals surface area contributed by atoms with Crippen LogP contribution in [0.4, 0.5) is 8.78 Å². The summed E-state index contributed by atoms with van der Waals surface area (Å²) in [5.41, 5.74) is 0.763. The zero-order valence-electron chi connectivity index (χ0n) is 7.55. The van der Waals surface area contributed by atoms with Crippen LogP contribution in [0.25, 0.3) is 11.3 Å². The molecule has 0 saturated carbocycles. The normalized spacial score (nSPS) is 10.3. The first-order chi connectivity index (χ1) is 7.16. The quantitative estimate of drug-likeness (QED) is 0.768. The summed E-state index contributed by atoms with van der Waals surface area (Å²) in [5.74, 6) is -1.20. The summed E-state index contributed by atoms with van der Waals surface area (Å²) in [7, 11) is 0. The van der Waals surface area contributed by atoms with E-state index in [4.69, 9.17) is 0 Å². The number of rotatable bonds is 1. The Hall–Kier alpha value is -1.29. The predicted octanol–water partition coefficient (Wildman–Crippen LogP) is 3.79. The third-order valence-corrected chi connectivity index (χ3v) is 2.42. The van der Waals surface area contributed by atoms with E-state index in [-0.39, 0.29) is 5.56 Å². The summed E-state index contributed by atoms with van der Waals surface area (Å²) in [5, 5.41) is 0. The third-order valence-electron chi connectivity index (χ3n) is 1.93. The van der Waals surface area contributed by atoms with Crippen molar-refractivity contribution in [1.82, 2.24) is 4.98 Å². The second kappa shape index (κ2) is 4.06. The Kier molecular flexibility index (Phi) is 2.77. The summed E-state index contributed by atoms with van der Waals surface area (Å²) in [6.07, 6.45) is 1.56. The molecule has 0 atom stereocenters. The van der Waals surface area contributed by atoms with Gasteiger partial charge in [-0.1, -0.05) is 15.9 Å². The highest BCUT2D eigenvalue weighted by atomic mass is 79.9. The Morgan fingerprint density at radius 1 is 1.07 bits per heavy atom. The maximum Gasteiger partial charge on any atom is 0.135 e. The van der Waals surface area contributed by atoms with E-state index >= 15 is 0 Å². The van der Waals surface area contributed by atoms with E-state index in [0.717, 1.165) is 10.5 Å². The van der Waals surface area contributed by atoms with E-state index in [0.29, 0.717) is 5.69 Å². The smallest absolute Gasteiger partial charge is 0.135 e. The second-order valence-corrected chi connectivity index (χ2v) is 3.90. The number of pyridine rings is 1. The Labute approximate surface area is 93.9 Å². The monoisotopic (exact) mass is 269 g/mol. The van der Waals surface area contributed by atoms with Gasteiger partial charge in [-0.05, 0) is 24.3 Å². The fourth-order valence-corrected chi connectivity index (χ4v) is 1.58. The van der Waals surface area contributed by atoms with E-state index < -0.39 is 11.6 Å². The lowest BCUT2D eigenvalue weighted by atomic mass is 10.1. The van der Waals surface area contributed by atoms with Gasteiger partial charge in [-0.2, -0.15) is 0 Å². The van der Waals surface area contributed by atoms with Gasteiger partial charge in [0.25, 0.3) is 0 Å². The minimum absolute atomic E-state index is 0.290. The molecule has 0 aliphatic heterocycles. The first kappa shape index (κ1) is 10.2. The Bertz CT molecular complexity index is 500. The van der Waals surface area contributed by atoms with Crippen molar-refractivity contribution in [2.45, 2.75) is 0 Å². The fourth-order valence-electron chi connectivity index (χ4n) is 1.25. The van der Waals surface area contributed by atoms with Crippen LogP contribution in [0, 0.1) is 11.6 Å². The van der Waals surface area contributed by atoms with Gasteiger partial charge in [-0.25, -0.2) is 8.78 Å². The van der Waals surface area contributed by atoms with Gasteiger partial charge in [0, 0.05) is 22.3 Å². The zero-order valence-corrected chi connectivity index (χ0v) is 9.13. The minimum atomic E-state index is -0.611. The van der Waals surface area contributed by atoms with E-state index in [9.17, 15) is 8.78 Å². The van der Waals surface area contributed by atoms with Crippen molar-refractivity contribution in [3.05, 3.63) is 52.6 Å². The Morgan fingerprint density at radius 2 is 1.87 bits per heavy atom.